The summed E-state index contributed by atoms with van der Waals surface area (Å²) in [5, 5.41) is 3.43. The number of hydrogen-bond donors (Lipinski definition) is 1. The van der Waals surface area contributed by atoms with Crippen LogP contribution < -0.4 is 9.62 Å². The van der Waals surface area contributed by atoms with Crippen LogP contribution in [0.5, 0.6) is 0 Å². The highest BCUT2D eigenvalue weighted by molar-refractivity contribution is 7.92. The Labute approximate surface area is 211 Å². The summed E-state index contributed by atoms with van der Waals surface area (Å²) in [6.45, 7) is 9.40. The summed E-state index contributed by atoms with van der Waals surface area (Å²) < 4.78 is 28.1. The van der Waals surface area contributed by atoms with Crippen molar-refractivity contribution < 1.29 is 13.2 Å². The first-order valence-corrected chi connectivity index (χ1v) is 13.0. The number of halogens is 2. The van der Waals surface area contributed by atoms with Crippen molar-refractivity contribution in [3.8, 4) is 0 Å². The lowest BCUT2D eigenvalue weighted by atomic mass is 9.96. The van der Waals surface area contributed by atoms with Crippen LogP contribution in [-0.2, 0) is 14.8 Å². The predicted octanol–water partition coefficient (Wildman–Crippen LogP) is 6.30. The van der Waals surface area contributed by atoms with E-state index in [0.29, 0.717) is 5.02 Å². The smallest absolute Gasteiger partial charge is 0.264 e. The number of hydrogen-bond acceptors (Lipinski definition) is 3. The van der Waals surface area contributed by atoms with Crippen LogP contribution in [0.2, 0.25) is 10.0 Å². The van der Waals surface area contributed by atoms with E-state index in [0.717, 1.165) is 26.6 Å². The molecule has 3 aromatic carbocycles. The van der Waals surface area contributed by atoms with Gasteiger partial charge in [0.15, 0.2) is 0 Å². The van der Waals surface area contributed by atoms with E-state index in [1.54, 1.807) is 12.1 Å². The van der Waals surface area contributed by atoms with Gasteiger partial charge in [-0.1, -0.05) is 53.0 Å². The summed E-state index contributed by atoms with van der Waals surface area (Å²) in [4.78, 5) is 13.2. The minimum atomic E-state index is -4.05. The summed E-state index contributed by atoms with van der Waals surface area (Å²) in [5.74, 6) is -0.438. The second-order valence-corrected chi connectivity index (χ2v) is 11.2. The molecule has 0 unspecified atom stereocenters. The van der Waals surface area contributed by atoms with Gasteiger partial charge in [-0.3, -0.25) is 9.10 Å². The van der Waals surface area contributed by atoms with Crippen LogP contribution in [0.4, 0.5) is 5.69 Å². The number of carbonyl (C=O) groups is 1. The lowest BCUT2D eigenvalue weighted by molar-refractivity contribution is -0.120. The highest BCUT2D eigenvalue weighted by Crippen LogP contribution is 2.31. The molecular formula is C26H28Cl2N2O3S. The first-order chi connectivity index (χ1) is 15.9. The zero-order chi connectivity index (χ0) is 25.2. The second-order valence-electron chi connectivity index (χ2n) is 8.51. The first-order valence-electron chi connectivity index (χ1n) is 10.8. The number of sulfonamides is 1. The Balaban J connectivity index is 1.94. The second kappa shape index (κ2) is 10.4. The number of nitrogens with one attached hydrogen (secondary N) is 1. The van der Waals surface area contributed by atoms with E-state index in [4.69, 9.17) is 23.2 Å². The van der Waals surface area contributed by atoms with Crippen molar-refractivity contribution in [1.82, 2.24) is 5.32 Å². The standard InChI is InChI=1S/C26H28Cl2N2O3S/c1-16-6-9-22(10-7-16)34(32,33)30(21-8-11-24(27)25(28)14-21)15-26(31)29-20(5)23-13-18(3)17(2)12-19(23)4/h6-14,20H,15H2,1-5H3,(H,29,31)/t20-/m1/s1. The van der Waals surface area contributed by atoms with Crippen LogP contribution in [0.25, 0.3) is 0 Å². The number of benzene rings is 3. The maximum absolute atomic E-state index is 13.5. The number of anilines is 1. The Morgan fingerprint density at radius 3 is 2.12 bits per heavy atom. The van der Waals surface area contributed by atoms with Gasteiger partial charge in [0.25, 0.3) is 10.0 Å². The minimum Gasteiger partial charge on any atom is -0.348 e. The van der Waals surface area contributed by atoms with Crippen molar-refractivity contribution in [2.24, 2.45) is 0 Å². The molecular weight excluding hydrogens is 491 g/mol. The molecule has 1 amide bonds. The van der Waals surface area contributed by atoms with E-state index < -0.39 is 22.5 Å². The third-order valence-electron chi connectivity index (χ3n) is 5.81. The Kier molecular flexibility index (Phi) is 7.96. The molecule has 0 saturated heterocycles. The van der Waals surface area contributed by atoms with Crippen LogP contribution in [0.15, 0.2) is 59.5 Å². The Hall–Kier alpha value is -2.54. The van der Waals surface area contributed by atoms with Crippen molar-refractivity contribution in [1.29, 1.82) is 0 Å². The van der Waals surface area contributed by atoms with E-state index in [1.165, 1.54) is 35.9 Å². The number of aryl methyl sites for hydroxylation is 4. The highest BCUT2D eigenvalue weighted by Gasteiger charge is 2.28. The lowest BCUT2D eigenvalue weighted by Crippen LogP contribution is -2.41. The zero-order valence-electron chi connectivity index (χ0n) is 19.8. The number of carbonyl (C=O) groups excluding carboxylic acids is 1. The van der Waals surface area contributed by atoms with E-state index in [9.17, 15) is 13.2 Å². The molecule has 0 saturated carbocycles. The predicted molar refractivity (Wildman–Crippen MR) is 139 cm³/mol. The molecule has 0 aliphatic heterocycles. The molecule has 0 aliphatic carbocycles. The average Bonchev–Trinajstić information content (AvgIpc) is 2.76. The molecule has 0 radical (unpaired) electrons. The molecule has 1 N–H and O–H groups in total. The quantitative estimate of drug-likeness (QED) is 0.399. The topological polar surface area (TPSA) is 66.5 Å². The SMILES string of the molecule is Cc1ccc(S(=O)(=O)N(CC(=O)N[C@H](C)c2cc(C)c(C)cc2C)c2ccc(Cl)c(Cl)c2)cc1. The molecule has 0 spiro atoms. The number of rotatable bonds is 7. The van der Waals surface area contributed by atoms with Crippen LogP contribution in [0, 0.1) is 27.7 Å². The van der Waals surface area contributed by atoms with Gasteiger partial charge in [0.2, 0.25) is 5.91 Å². The van der Waals surface area contributed by atoms with Gasteiger partial charge in [0.05, 0.1) is 26.7 Å². The largest absolute Gasteiger partial charge is 0.348 e. The molecule has 5 nitrogen and oxygen atoms in total. The van der Waals surface area contributed by atoms with Gasteiger partial charge < -0.3 is 5.32 Å². The van der Waals surface area contributed by atoms with Crippen LogP contribution in [0.3, 0.4) is 0 Å². The monoisotopic (exact) mass is 518 g/mol. The molecule has 0 aromatic heterocycles. The summed E-state index contributed by atoms with van der Waals surface area (Å²) in [6, 6.07) is 14.8. The van der Waals surface area contributed by atoms with Gasteiger partial charge in [0, 0.05) is 0 Å². The van der Waals surface area contributed by atoms with E-state index in [-0.39, 0.29) is 21.6 Å². The van der Waals surface area contributed by atoms with Crippen molar-refractivity contribution in [3.63, 3.8) is 0 Å². The fraction of sp³-hybridized carbons (Fsp3) is 0.269. The number of nitrogens with zero attached hydrogens (tertiary/aromatic N) is 1. The van der Waals surface area contributed by atoms with Gasteiger partial charge in [-0.15, -0.1) is 0 Å². The molecule has 180 valence electrons. The van der Waals surface area contributed by atoms with Crippen molar-refractivity contribution in [2.75, 3.05) is 10.8 Å². The first kappa shape index (κ1) is 26.1. The van der Waals surface area contributed by atoms with Crippen molar-refractivity contribution >= 4 is 44.8 Å². The van der Waals surface area contributed by atoms with Gasteiger partial charge in [-0.05, 0) is 87.2 Å². The molecule has 1 atom stereocenters. The van der Waals surface area contributed by atoms with Gasteiger partial charge in [0.1, 0.15) is 6.54 Å². The van der Waals surface area contributed by atoms with Gasteiger partial charge >= 0.3 is 0 Å². The molecule has 8 heteroatoms. The molecule has 0 heterocycles. The van der Waals surface area contributed by atoms with E-state index in [1.807, 2.05) is 34.6 Å². The Bertz CT molecular complexity index is 1320. The van der Waals surface area contributed by atoms with Crippen LogP contribution >= 0.6 is 23.2 Å². The normalized spacial score (nSPS) is 12.3. The molecule has 3 rings (SSSR count). The number of amides is 1. The maximum Gasteiger partial charge on any atom is 0.264 e. The molecule has 34 heavy (non-hydrogen) atoms. The van der Waals surface area contributed by atoms with E-state index >= 15 is 0 Å². The Morgan fingerprint density at radius 2 is 1.50 bits per heavy atom. The molecule has 0 fully saturated rings. The van der Waals surface area contributed by atoms with Crippen LogP contribution in [-0.4, -0.2) is 20.9 Å². The molecule has 0 aliphatic rings. The highest BCUT2D eigenvalue weighted by atomic mass is 35.5. The molecule has 0 bridgehead atoms. The zero-order valence-corrected chi connectivity index (χ0v) is 22.1. The van der Waals surface area contributed by atoms with Gasteiger partial charge in [-0.25, -0.2) is 8.42 Å². The average molecular weight is 519 g/mol. The van der Waals surface area contributed by atoms with Crippen molar-refractivity contribution in [2.45, 2.75) is 45.6 Å². The summed E-state index contributed by atoms with van der Waals surface area (Å²) >= 11 is 12.2. The summed E-state index contributed by atoms with van der Waals surface area (Å²) in [5.41, 5.74) is 5.52. The summed E-state index contributed by atoms with van der Waals surface area (Å²) in [6.07, 6.45) is 0. The fourth-order valence-electron chi connectivity index (χ4n) is 3.74. The third-order valence-corrected chi connectivity index (χ3v) is 8.34. The van der Waals surface area contributed by atoms with Crippen LogP contribution in [0.1, 0.15) is 40.8 Å². The van der Waals surface area contributed by atoms with Gasteiger partial charge in [-0.2, -0.15) is 0 Å². The lowest BCUT2D eigenvalue weighted by Gasteiger charge is -2.26. The summed E-state index contributed by atoms with van der Waals surface area (Å²) in [7, 11) is -4.05. The third kappa shape index (κ3) is 5.74. The maximum atomic E-state index is 13.5. The molecule has 3 aromatic rings. The minimum absolute atomic E-state index is 0.0787. The fourth-order valence-corrected chi connectivity index (χ4v) is 5.44. The van der Waals surface area contributed by atoms with E-state index in [2.05, 4.69) is 17.4 Å². The Morgan fingerprint density at radius 1 is 0.882 bits per heavy atom. The van der Waals surface area contributed by atoms with Crippen molar-refractivity contribution in [3.05, 3.63) is 92.5 Å².